The normalized spacial score (nSPS) is 20.8. The summed E-state index contributed by atoms with van der Waals surface area (Å²) < 4.78 is 59.1. The van der Waals surface area contributed by atoms with Crippen LogP contribution in [0.5, 0.6) is 0 Å². The number of allylic oxidation sites excluding steroid dienone is 14. The van der Waals surface area contributed by atoms with Gasteiger partial charge in [-0.05, 0) is 89.9 Å². The molecule has 1 aliphatic rings. The lowest BCUT2D eigenvalue weighted by Gasteiger charge is -2.41. The Morgan fingerprint density at radius 2 is 1.11 bits per heavy atom. The molecule has 1 saturated heterocycles. The minimum atomic E-state index is -5.07. The molecule has 0 aromatic rings. The Hall–Kier alpha value is -2.72. The van der Waals surface area contributed by atoms with Crippen molar-refractivity contribution in [3.63, 3.8) is 0 Å². The van der Waals surface area contributed by atoms with E-state index in [-0.39, 0.29) is 19.6 Å². The molecule has 6 unspecified atom stereocenters. The Balaban J connectivity index is 2.46. The predicted molar refractivity (Wildman–Crippen MR) is 248 cm³/mol. The summed E-state index contributed by atoms with van der Waals surface area (Å²) in [6.07, 6.45) is 43.2. The van der Waals surface area contributed by atoms with E-state index in [9.17, 15) is 28.5 Å². The van der Waals surface area contributed by atoms with Crippen molar-refractivity contribution in [2.75, 3.05) is 26.4 Å². The van der Waals surface area contributed by atoms with Gasteiger partial charge in [-0.2, -0.15) is 8.42 Å². The molecule has 13 heteroatoms. The maximum atomic E-state index is 12.9. The highest BCUT2D eigenvalue weighted by atomic mass is 32.3. The van der Waals surface area contributed by atoms with Gasteiger partial charge in [0.15, 0.2) is 6.29 Å². The SMILES string of the molecule is CC/C=C\C/C=C\C/C=C\C/C=C\C/C=C\CCCCCC(=O)OC(COCCCCCCCC/C=C\C/C=C\CCCCC)COC1OC(CO)C(O)C(OS(=O)(=O)O)C1O. The first-order chi connectivity index (χ1) is 30.1. The average molecular weight is 895 g/mol. The number of carbonyl (C=O) groups excluding carboxylic acids is 1. The van der Waals surface area contributed by atoms with E-state index in [1.54, 1.807) is 0 Å². The van der Waals surface area contributed by atoms with E-state index >= 15 is 0 Å². The molecule has 356 valence electrons. The summed E-state index contributed by atoms with van der Waals surface area (Å²) in [4.78, 5) is 12.9. The Labute approximate surface area is 374 Å². The minimum Gasteiger partial charge on any atom is -0.457 e. The first kappa shape index (κ1) is 57.3. The van der Waals surface area contributed by atoms with Crippen LogP contribution in [-0.2, 0) is 38.3 Å². The number of esters is 1. The Morgan fingerprint density at radius 1 is 0.629 bits per heavy atom. The number of aliphatic hydroxyl groups excluding tert-OH is 3. The van der Waals surface area contributed by atoms with Crippen LogP contribution in [0.25, 0.3) is 0 Å². The van der Waals surface area contributed by atoms with E-state index in [1.165, 1.54) is 38.5 Å². The fourth-order valence-electron chi connectivity index (χ4n) is 6.49. The van der Waals surface area contributed by atoms with Crippen LogP contribution < -0.4 is 0 Å². The standard InChI is InChI=1S/C49H82O12S/c1-3-5-7-9-11-13-15-17-19-21-22-23-24-26-28-30-32-34-36-38-45(51)59-43(42-58-49-47(53)48(61-62(54,55)56)46(52)44(40-50)60-49)41-57-39-37-35-33-31-29-27-25-20-18-16-14-12-10-8-6-4-2/h5,7,11-14,17-20,22-23,26,28,43-44,46-50,52-53H,3-4,6,8-10,15-16,21,24-25,27,29-42H2,1-2H3,(H,54,55,56)/b7-5-,13-11-,14-12-,19-17-,20-18-,23-22-,28-26-. The summed E-state index contributed by atoms with van der Waals surface area (Å²) in [5.41, 5.74) is 0. The van der Waals surface area contributed by atoms with Crippen LogP contribution in [0.4, 0.5) is 0 Å². The number of unbranched alkanes of at least 4 members (excludes halogenated alkanes) is 12. The number of hydrogen-bond acceptors (Lipinski definition) is 11. The second-order valence-electron chi connectivity index (χ2n) is 15.6. The smallest absolute Gasteiger partial charge is 0.397 e. The molecule has 1 aliphatic heterocycles. The highest BCUT2D eigenvalue weighted by Gasteiger charge is 2.48. The Morgan fingerprint density at radius 3 is 1.63 bits per heavy atom. The van der Waals surface area contributed by atoms with E-state index in [0.29, 0.717) is 13.0 Å². The van der Waals surface area contributed by atoms with Crippen molar-refractivity contribution >= 4 is 16.4 Å². The minimum absolute atomic E-state index is 0.00981. The molecule has 1 heterocycles. The molecule has 0 saturated carbocycles. The lowest BCUT2D eigenvalue weighted by molar-refractivity contribution is -0.301. The Bertz CT molecular complexity index is 1400. The van der Waals surface area contributed by atoms with E-state index in [2.05, 4.69) is 103 Å². The first-order valence-electron chi connectivity index (χ1n) is 23.3. The van der Waals surface area contributed by atoms with Gasteiger partial charge in [0, 0.05) is 13.0 Å². The monoisotopic (exact) mass is 895 g/mol. The molecule has 0 amide bonds. The summed E-state index contributed by atoms with van der Waals surface area (Å²) >= 11 is 0. The summed E-state index contributed by atoms with van der Waals surface area (Å²) in [6.45, 7) is 3.76. The number of hydrogen-bond donors (Lipinski definition) is 4. The van der Waals surface area contributed by atoms with Crippen LogP contribution in [0.3, 0.4) is 0 Å². The molecule has 0 spiro atoms. The molecule has 0 bridgehead atoms. The molecule has 12 nitrogen and oxygen atoms in total. The molecule has 62 heavy (non-hydrogen) atoms. The van der Waals surface area contributed by atoms with Crippen LogP contribution in [0.2, 0.25) is 0 Å². The summed E-state index contributed by atoms with van der Waals surface area (Å²) in [5, 5.41) is 30.7. The van der Waals surface area contributed by atoms with Gasteiger partial charge in [-0.15, -0.1) is 0 Å². The maximum Gasteiger partial charge on any atom is 0.397 e. The van der Waals surface area contributed by atoms with E-state index in [1.807, 2.05) is 0 Å². The van der Waals surface area contributed by atoms with E-state index in [0.717, 1.165) is 89.9 Å². The van der Waals surface area contributed by atoms with E-state index < -0.39 is 59.8 Å². The van der Waals surface area contributed by atoms with Gasteiger partial charge in [-0.1, -0.05) is 144 Å². The molecule has 1 rings (SSSR count). The van der Waals surface area contributed by atoms with Gasteiger partial charge in [0.1, 0.15) is 30.5 Å². The van der Waals surface area contributed by atoms with E-state index in [4.69, 9.17) is 23.5 Å². The summed E-state index contributed by atoms with van der Waals surface area (Å²) in [5.74, 6) is -0.438. The van der Waals surface area contributed by atoms with Crippen molar-refractivity contribution in [2.24, 2.45) is 0 Å². The molecule has 6 atom stereocenters. The molecular weight excluding hydrogens is 813 g/mol. The summed E-state index contributed by atoms with van der Waals surface area (Å²) in [7, 11) is -5.07. The highest BCUT2D eigenvalue weighted by molar-refractivity contribution is 7.80. The Kier molecular flexibility index (Phi) is 36.8. The maximum absolute atomic E-state index is 12.9. The van der Waals surface area contributed by atoms with Crippen molar-refractivity contribution in [1.82, 2.24) is 0 Å². The highest BCUT2D eigenvalue weighted by Crippen LogP contribution is 2.26. The van der Waals surface area contributed by atoms with Crippen molar-refractivity contribution in [3.05, 3.63) is 85.1 Å². The van der Waals surface area contributed by atoms with Crippen LogP contribution in [0, 0.1) is 0 Å². The zero-order chi connectivity index (χ0) is 45.4. The number of carbonyl (C=O) groups is 1. The third-order valence-electron chi connectivity index (χ3n) is 10.0. The van der Waals surface area contributed by atoms with Gasteiger partial charge in [0.25, 0.3) is 0 Å². The van der Waals surface area contributed by atoms with Crippen LogP contribution >= 0.6 is 0 Å². The van der Waals surface area contributed by atoms with Gasteiger partial charge in [0.2, 0.25) is 0 Å². The van der Waals surface area contributed by atoms with Crippen molar-refractivity contribution in [1.29, 1.82) is 0 Å². The molecule has 0 aromatic carbocycles. The van der Waals surface area contributed by atoms with Crippen LogP contribution in [0.1, 0.15) is 155 Å². The zero-order valence-corrected chi connectivity index (χ0v) is 38.7. The zero-order valence-electron chi connectivity index (χ0n) is 37.9. The fraction of sp³-hybridized carbons (Fsp3) is 0.694. The molecular formula is C49H82O12S. The predicted octanol–water partition coefficient (Wildman–Crippen LogP) is 10.1. The lowest BCUT2D eigenvalue weighted by Crippen LogP contribution is -2.60. The second kappa shape index (κ2) is 39.8. The number of ether oxygens (including phenoxy) is 4. The summed E-state index contributed by atoms with van der Waals surface area (Å²) in [6, 6.07) is 0. The van der Waals surface area contributed by atoms with Gasteiger partial charge in [-0.3, -0.25) is 9.35 Å². The topological polar surface area (TPSA) is 178 Å². The molecule has 0 aliphatic carbocycles. The number of rotatable bonds is 39. The molecule has 0 radical (unpaired) electrons. The van der Waals surface area contributed by atoms with Gasteiger partial charge < -0.3 is 34.3 Å². The average Bonchev–Trinajstić information content (AvgIpc) is 3.24. The quantitative estimate of drug-likeness (QED) is 0.0199. The fourth-order valence-corrected chi connectivity index (χ4v) is 7.00. The van der Waals surface area contributed by atoms with Crippen LogP contribution in [0.15, 0.2) is 85.1 Å². The van der Waals surface area contributed by atoms with Crippen molar-refractivity contribution < 1.29 is 56.2 Å². The number of aliphatic hydroxyl groups is 3. The molecule has 0 aromatic heterocycles. The first-order valence-corrected chi connectivity index (χ1v) is 24.7. The largest absolute Gasteiger partial charge is 0.457 e. The third-order valence-corrected chi connectivity index (χ3v) is 10.5. The second-order valence-corrected chi connectivity index (χ2v) is 16.7. The van der Waals surface area contributed by atoms with Gasteiger partial charge in [-0.25, -0.2) is 4.18 Å². The lowest BCUT2D eigenvalue weighted by atomic mass is 9.99. The van der Waals surface area contributed by atoms with Crippen molar-refractivity contribution in [3.8, 4) is 0 Å². The molecule has 1 fully saturated rings. The van der Waals surface area contributed by atoms with Crippen LogP contribution in [-0.4, -0.2) is 97.5 Å². The van der Waals surface area contributed by atoms with Crippen molar-refractivity contribution in [2.45, 2.75) is 192 Å². The third kappa shape index (κ3) is 32.9. The van der Waals surface area contributed by atoms with Gasteiger partial charge >= 0.3 is 16.4 Å². The molecule has 4 N–H and O–H groups in total. The van der Waals surface area contributed by atoms with Gasteiger partial charge in [0.05, 0.1) is 19.8 Å².